The summed E-state index contributed by atoms with van der Waals surface area (Å²) in [6.07, 6.45) is 6.89. The minimum absolute atomic E-state index is 0.160. The number of fused-ring (bicyclic) bond motifs is 1. The molecule has 9 heteroatoms. The predicted octanol–water partition coefficient (Wildman–Crippen LogP) is 2.66. The van der Waals surface area contributed by atoms with Gasteiger partial charge >= 0.3 is 0 Å². The van der Waals surface area contributed by atoms with E-state index in [1.165, 1.54) is 0 Å². The molecule has 3 aromatic rings. The molecule has 0 unspecified atom stereocenters. The molecule has 3 N–H and O–H groups in total. The number of rotatable bonds is 5. The Labute approximate surface area is 198 Å². The molecule has 1 aliphatic carbocycles. The van der Waals surface area contributed by atoms with Gasteiger partial charge in [-0.25, -0.2) is 15.0 Å². The Morgan fingerprint density at radius 3 is 2.85 bits per heavy atom. The Balaban J connectivity index is 1.49. The zero-order valence-corrected chi connectivity index (χ0v) is 19.5. The molecule has 0 bridgehead atoms. The van der Waals surface area contributed by atoms with Crippen LogP contribution in [0, 0.1) is 12.8 Å². The number of aliphatic hydroxyl groups is 1. The SMILES string of the molecule is Cc1c(N[C@@H]2CC[C@H](CO)C2)nc(-c2nccn2C)nc1C(=O)N1CCc2c(O)cccc2C1. The van der Waals surface area contributed by atoms with Gasteiger partial charge in [0.15, 0.2) is 11.6 Å². The summed E-state index contributed by atoms with van der Waals surface area (Å²) < 4.78 is 1.83. The van der Waals surface area contributed by atoms with Crippen molar-refractivity contribution in [2.75, 3.05) is 18.5 Å². The van der Waals surface area contributed by atoms with E-state index in [4.69, 9.17) is 4.98 Å². The van der Waals surface area contributed by atoms with Gasteiger partial charge in [-0.2, -0.15) is 0 Å². The van der Waals surface area contributed by atoms with Crippen molar-refractivity contribution >= 4 is 11.7 Å². The van der Waals surface area contributed by atoms with E-state index >= 15 is 0 Å². The molecule has 2 aliphatic rings. The molecule has 0 spiro atoms. The van der Waals surface area contributed by atoms with Crippen LogP contribution < -0.4 is 5.32 Å². The van der Waals surface area contributed by atoms with Gasteiger partial charge in [0.05, 0.1) is 0 Å². The summed E-state index contributed by atoms with van der Waals surface area (Å²) in [5, 5.41) is 23.2. The minimum atomic E-state index is -0.160. The van der Waals surface area contributed by atoms with Gasteiger partial charge in [-0.1, -0.05) is 12.1 Å². The summed E-state index contributed by atoms with van der Waals surface area (Å²) in [4.78, 5) is 29.3. The zero-order chi connectivity index (χ0) is 23.8. The third kappa shape index (κ3) is 4.11. The zero-order valence-electron chi connectivity index (χ0n) is 19.5. The lowest BCUT2D eigenvalue weighted by Gasteiger charge is -2.29. The third-order valence-corrected chi connectivity index (χ3v) is 7.04. The molecule has 0 saturated heterocycles. The van der Waals surface area contributed by atoms with E-state index in [0.29, 0.717) is 54.2 Å². The largest absolute Gasteiger partial charge is 0.508 e. The fourth-order valence-electron chi connectivity index (χ4n) is 5.02. The van der Waals surface area contributed by atoms with Gasteiger partial charge < -0.3 is 25.0 Å². The van der Waals surface area contributed by atoms with Crippen molar-refractivity contribution in [3.8, 4) is 17.4 Å². The highest BCUT2D eigenvalue weighted by molar-refractivity contribution is 5.95. The molecule has 1 aromatic carbocycles. The average molecular weight is 463 g/mol. The van der Waals surface area contributed by atoms with Crippen molar-refractivity contribution in [1.29, 1.82) is 0 Å². The van der Waals surface area contributed by atoms with Crippen LogP contribution in [0.2, 0.25) is 0 Å². The van der Waals surface area contributed by atoms with E-state index in [0.717, 1.165) is 30.4 Å². The van der Waals surface area contributed by atoms with Crippen molar-refractivity contribution < 1.29 is 15.0 Å². The molecule has 5 rings (SSSR count). The van der Waals surface area contributed by atoms with Crippen molar-refractivity contribution in [3.05, 3.63) is 53.0 Å². The number of nitrogens with one attached hydrogen (secondary N) is 1. The first-order valence-electron chi connectivity index (χ1n) is 11.8. The van der Waals surface area contributed by atoms with Gasteiger partial charge in [-0.3, -0.25) is 4.79 Å². The fourth-order valence-corrected chi connectivity index (χ4v) is 5.02. The molecule has 1 saturated carbocycles. The van der Waals surface area contributed by atoms with Crippen LogP contribution in [0.1, 0.15) is 46.4 Å². The number of aliphatic hydroxyl groups excluding tert-OH is 1. The number of hydrogen-bond acceptors (Lipinski definition) is 7. The number of nitrogens with zero attached hydrogens (tertiary/aromatic N) is 5. The Bertz CT molecular complexity index is 1220. The number of hydrogen-bond donors (Lipinski definition) is 3. The summed E-state index contributed by atoms with van der Waals surface area (Å²) in [5.41, 5.74) is 2.92. The number of aryl methyl sites for hydroxylation is 1. The lowest BCUT2D eigenvalue weighted by Crippen LogP contribution is -2.37. The number of phenolic OH excluding ortho intramolecular Hbond substituents is 1. The van der Waals surface area contributed by atoms with Gasteiger partial charge in [-0.05, 0) is 50.2 Å². The Hall–Kier alpha value is -3.46. The maximum atomic E-state index is 13.7. The molecule has 9 nitrogen and oxygen atoms in total. The van der Waals surface area contributed by atoms with Crippen molar-refractivity contribution in [1.82, 2.24) is 24.4 Å². The van der Waals surface area contributed by atoms with Gasteiger partial charge in [0, 0.05) is 56.3 Å². The molecule has 3 heterocycles. The van der Waals surface area contributed by atoms with Crippen LogP contribution in [0.3, 0.4) is 0 Å². The molecule has 0 radical (unpaired) electrons. The second-order valence-corrected chi connectivity index (χ2v) is 9.33. The maximum Gasteiger partial charge on any atom is 0.273 e. The van der Waals surface area contributed by atoms with E-state index in [-0.39, 0.29) is 24.3 Å². The van der Waals surface area contributed by atoms with E-state index in [1.54, 1.807) is 23.2 Å². The van der Waals surface area contributed by atoms with Crippen LogP contribution in [0.5, 0.6) is 5.75 Å². The average Bonchev–Trinajstić information content (AvgIpc) is 3.48. The van der Waals surface area contributed by atoms with E-state index in [9.17, 15) is 15.0 Å². The van der Waals surface area contributed by atoms with E-state index in [1.807, 2.05) is 30.8 Å². The first-order valence-corrected chi connectivity index (χ1v) is 11.8. The highest BCUT2D eigenvalue weighted by atomic mass is 16.3. The summed E-state index contributed by atoms with van der Waals surface area (Å²) >= 11 is 0. The number of anilines is 1. The summed E-state index contributed by atoms with van der Waals surface area (Å²) in [6, 6.07) is 5.63. The third-order valence-electron chi connectivity index (χ3n) is 7.04. The first kappa shape index (κ1) is 22.3. The highest BCUT2D eigenvalue weighted by Crippen LogP contribution is 2.31. The molecule has 34 heavy (non-hydrogen) atoms. The second kappa shape index (κ2) is 9.06. The van der Waals surface area contributed by atoms with Crippen LogP contribution in [-0.4, -0.2) is 59.7 Å². The lowest BCUT2D eigenvalue weighted by molar-refractivity contribution is 0.0727. The number of phenols is 1. The van der Waals surface area contributed by atoms with Crippen LogP contribution in [0.4, 0.5) is 5.82 Å². The number of benzene rings is 1. The van der Waals surface area contributed by atoms with Gasteiger partial charge in [-0.15, -0.1) is 0 Å². The quantitative estimate of drug-likeness (QED) is 0.534. The Morgan fingerprint density at radius 1 is 1.26 bits per heavy atom. The first-order chi connectivity index (χ1) is 16.4. The Morgan fingerprint density at radius 2 is 2.12 bits per heavy atom. The molecule has 2 aromatic heterocycles. The van der Waals surface area contributed by atoms with Crippen molar-refractivity contribution in [2.24, 2.45) is 13.0 Å². The summed E-state index contributed by atoms with van der Waals surface area (Å²) in [5.74, 6) is 2.03. The minimum Gasteiger partial charge on any atom is -0.508 e. The van der Waals surface area contributed by atoms with E-state index in [2.05, 4.69) is 15.3 Å². The van der Waals surface area contributed by atoms with Gasteiger partial charge in [0.25, 0.3) is 5.91 Å². The molecular weight excluding hydrogens is 432 g/mol. The van der Waals surface area contributed by atoms with Crippen LogP contribution in [0.25, 0.3) is 11.6 Å². The van der Waals surface area contributed by atoms with Crippen molar-refractivity contribution in [2.45, 2.75) is 45.2 Å². The summed E-state index contributed by atoms with van der Waals surface area (Å²) in [7, 11) is 1.87. The standard InChI is InChI=1S/C25H30N6O3/c1-15-21(25(34)31-10-8-19-17(13-31)4-3-5-20(19)33)28-23(24-26-9-11-30(24)2)29-22(15)27-18-7-6-16(12-18)14-32/h3-5,9,11,16,18,32-33H,6-8,10,12-14H2,1-2H3,(H,27,28,29)/t16-,18+/m0/s1. The molecule has 1 aliphatic heterocycles. The molecule has 178 valence electrons. The molecule has 1 fully saturated rings. The molecule has 1 amide bonds. The normalized spacial score (nSPS) is 19.8. The molecule has 2 atom stereocenters. The van der Waals surface area contributed by atoms with Gasteiger partial charge in [0.1, 0.15) is 17.3 Å². The topological polar surface area (TPSA) is 116 Å². The van der Waals surface area contributed by atoms with Crippen LogP contribution in [0.15, 0.2) is 30.6 Å². The Kier molecular flexibility index (Phi) is 5.95. The fraction of sp³-hybridized carbons (Fsp3) is 0.440. The molecular formula is C25H30N6O3. The summed E-state index contributed by atoms with van der Waals surface area (Å²) in [6.45, 7) is 3.00. The van der Waals surface area contributed by atoms with E-state index < -0.39 is 0 Å². The number of aromatic nitrogens is 4. The smallest absolute Gasteiger partial charge is 0.273 e. The number of imidazole rings is 1. The van der Waals surface area contributed by atoms with Crippen LogP contribution in [-0.2, 0) is 20.0 Å². The number of carbonyl (C=O) groups is 1. The number of amides is 1. The lowest BCUT2D eigenvalue weighted by atomic mass is 9.98. The van der Waals surface area contributed by atoms with Crippen LogP contribution >= 0.6 is 0 Å². The maximum absolute atomic E-state index is 13.7. The monoisotopic (exact) mass is 462 g/mol. The number of aromatic hydroxyl groups is 1. The second-order valence-electron chi connectivity index (χ2n) is 9.33. The van der Waals surface area contributed by atoms with Crippen molar-refractivity contribution in [3.63, 3.8) is 0 Å². The predicted molar refractivity (Wildman–Crippen MR) is 127 cm³/mol. The highest BCUT2D eigenvalue weighted by Gasteiger charge is 2.29. The van der Waals surface area contributed by atoms with Gasteiger partial charge in [0.2, 0.25) is 0 Å². The number of carbonyl (C=O) groups excluding carboxylic acids is 1.